The Morgan fingerprint density at radius 1 is 0.833 bits per heavy atom. The second-order valence-electron chi connectivity index (χ2n) is 6.78. The summed E-state index contributed by atoms with van der Waals surface area (Å²) in [6.07, 6.45) is 2.62. The largest absolute Gasteiger partial charge is 0.478 e. The summed E-state index contributed by atoms with van der Waals surface area (Å²) in [5.41, 5.74) is 2.25. The van der Waals surface area contributed by atoms with Gasteiger partial charge in [0.2, 0.25) is 0 Å². The summed E-state index contributed by atoms with van der Waals surface area (Å²) in [5.74, 6) is -1.40. The average molecular weight is 443 g/mol. The third-order valence-corrected chi connectivity index (χ3v) is 5.18. The number of aromatic nitrogens is 1. The van der Waals surface area contributed by atoms with E-state index in [1.54, 1.807) is 4.90 Å². The summed E-state index contributed by atoms with van der Waals surface area (Å²) in [5, 5.41) is 10.5. The van der Waals surface area contributed by atoms with E-state index in [2.05, 4.69) is 4.98 Å². The standard InChI is InChI=1S/C23H20Cl2N2O3/c24-19-5-1-16(2-6-19)10-13-27(14-11-17-3-7-20(25)8-4-17)22(28)21-15-18(23(29)30)9-12-26-21/h1-9,12,15H,10-11,13-14H2,(H,29,30). The van der Waals surface area contributed by atoms with Crippen molar-refractivity contribution in [2.24, 2.45) is 0 Å². The minimum atomic E-state index is -1.10. The monoisotopic (exact) mass is 442 g/mol. The first kappa shape index (κ1) is 21.8. The summed E-state index contributed by atoms with van der Waals surface area (Å²) in [6.45, 7) is 0.931. The lowest BCUT2D eigenvalue weighted by molar-refractivity contribution is 0.0696. The number of hydrogen-bond donors (Lipinski definition) is 1. The SMILES string of the molecule is O=C(O)c1ccnc(C(=O)N(CCc2ccc(Cl)cc2)CCc2ccc(Cl)cc2)c1. The van der Waals surface area contributed by atoms with E-state index in [1.165, 1.54) is 18.3 Å². The summed E-state index contributed by atoms with van der Waals surface area (Å²) in [4.78, 5) is 30.1. The molecule has 3 rings (SSSR count). The molecule has 0 unspecified atom stereocenters. The lowest BCUT2D eigenvalue weighted by Crippen LogP contribution is -2.35. The van der Waals surface area contributed by atoms with Gasteiger partial charge in [-0.1, -0.05) is 47.5 Å². The molecule has 0 aliphatic rings. The number of rotatable bonds is 8. The van der Waals surface area contributed by atoms with E-state index in [4.69, 9.17) is 23.2 Å². The normalized spacial score (nSPS) is 10.6. The fourth-order valence-electron chi connectivity index (χ4n) is 2.99. The molecule has 7 heteroatoms. The van der Waals surface area contributed by atoms with Crippen LogP contribution in [0.15, 0.2) is 66.9 Å². The molecule has 0 saturated heterocycles. The second kappa shape index (κ2) is 10.2. The first-order valence-corrected chi connectivity index (χ1v) is 10.2. The summed E-state index contributed by atoms with van der Waals surface area (Å²) in [6, 6.07) is 17.6. The molecule has 1 heterocycles. The van der Waals surface area contributed by atoms with Crippen LogP contribution in [0.5, 0.6) is 0 Å². The number of hydrogen-bond acceptors (Lipinski definition) is 3. The summed E-state index contributed by atoms with van der Waals surface area (Å²) >= 11 is 11.9. The molecule has 154 valence electrons. The number of carboxylic acid groups (broad SMARTS) is 1. The van der Waals surface area contributed by atoms with Gasteiger partial charge >= 0.3 is 5.97 Å². The number of nitrogens with zero attached hydrogens (tertiary/aromatic N) is 2. The molecule has 0 atom stereocenters. The third kappa shape index (κ3) is 6.05. The van der Waals surface area contributed by atoms with Crippen molar-refractivity contribution in [3.05, 3.63) is 99.3 Å². The molecule has 0 saturated carbocycles. The number of aromatic carboxylic acids is 1. The molecular weight excluding hydrogens is 423 g/mol. The van der Waals surface area contributed by atoms with Gasteiger partial charge < -0.3 is 10.0 Å². The van der Waals surface area contributed by atoms with Gasteiger partial charge in [-0.25, -0.2) is 4.79 Å². The maximum Gasteiger partial charge on any atom is 0.335 e. The van der Waals surface area contributed by atoms with Gasteiger partial charge in [-0.3, -0.25) is 9.78 Å². The smallest absolute Gasteiger partial charge is 0.335 e. The average Bonchev–Trinajstić information content (AvgIpc) is 2.76. The maximum atomic E-state index is 13.1. The van der Waals surface area contributed by atoms with Crippen molar-refractivity contribution < 1.29 is 14.7 Å². The van der Waals surface area contributed by atoms with Crippen molar-refractivity contribution in [2.45, 2.75) is 12.8 Å². The number of carboxylic acids is 1. The molecule has 0 aliphatic carbocycles. The molecule has 1 aromatic heterocycles. The van der Waals surface area contributed by atoms with Gasteiger partial charge in [0.05, 0.1) is 5.56 Å². The van der Waals surface area contributed by atoms with Gasteiger partial charge in [-0.2, -0.15) is 0 Å². The van der Waals surface area contributed by atoms with E-state index in [-0.39, 0.29) is 17.2 Å². The Kier molecular flexibility index (Phi) is 7.44. The van der Waals surface area contributed by atoms with Gasteiger partial charge in [0.15, 0.2) is 0 Å². The zero-order chi connectivity index (χ0) is 21.5. The molecular formula is C23H20Cl2N2O3. The van der Waals surface area contributed by atoms with Crippen LogP contribution in [0.3, 0.4) is 0 Å². The van der Waals surface area contributed by atoms with Crippen LogP contribution in [0.1, 0.15) is 32.0 Å². The van der Waals surface area contributed by atoms with E-state index in [9.17, 15) is 14.7 Å². The topological polar surface area (TPSA) is 70.5 Å². The molecule has 0 aliphatic heterocycles. The van der Waals surface area contributed by atoms with Crippen LogP contribution in [0.4, 0.5) is 0 Å². The van der Waals surface area contributed by atoms with Crippen molar-refractivity contribution in [1.82, 2.24) is 9.88 Å². The van der Waals surface area contributed by atoms with E-state index in [0.717, 1.165) is 11.1 Å². The fraction of sp³-hybridized carbons (Fsp3) is 0.174. The molecule has 1 amide bonds. The van der Waals surface area contributed by atoms with E-state index >= 15 is 0 Å². The third-order valence-electron chi connectivity index (χ3n) is 4.68. The number of amides is 1. The van der Waals surface area contributed by atoms with E-state index in [1.807, 2.05) is 48.5 Å². The molecule has 3 aromatic rings. The van der Waals surface area contributed by atoms with Crippen molar-refractivity contribution in [1.29, 1.82) is 0 Å². The molecule has 0 spiro atoms. The van der Waals surface area contributed by atoms with Crippen molar-refractivity contribution in [3.63, 3.8) is 0 Å². The number of halogens is 2. The van der Waals surface area contributed by atoms with Crippen LogP contribution in [-0.2, 0) is 12.8 Å². The highest BCUT2D eigenvalue weighted by atomic mass is 35.5. The van der Waals surface area contributed by atoms with Gasteiger partial charge in [-0.05, 0) is 60.4 Å². The molecule has 5 nitrogen and oxygen atoms in total. The Balaban J connectivity index is 1.77. The molecule has 2 aromatic carbocycles. The fourth-order valence-corrected chi connectivity index (χ4v) is 3.24. The Hall–Kier alpha value is -2.89. The molecule has 0 radical (unpaired) electrons. The molecule has 0 fully saturated rings. The lowest BCUT2D eigenvalue weighted by atomic mass is 10.1. The Labute approximate surface area is 184 Å². The zero-order valence-corrected chi connectivity index (χ0v) is 17.6. The quantitative estimate of drug-likeness (QED) is 0.531. The van der Waals surface area contributed by atoms with E-state index < -0.39 is 5.97 Å². The number of carbonyl (C=O) groups excluding carboxylic acids is 1. The molecule has 30 heavy (non-hydrogen) atoms. The van der Waals surface area contributed by atoms with Crippen molar-refractivity contribution >= 4 is 35.1 Å². The highest BCUT2D eigenvalue weighted by Crippen LogP contribution is 2.14. The molecule has 1 N–H and O–H groups in total. The number of carbonyl (C=O) groups is 2. The maximum absolute atomic E-state index is 13.1. The van der Waals surface area contributed by atoms with Crippen LogP contribution >= 0.6 is 23.2 Å². The minimum Gasteiger partial charge on any atom is -0.478 e. The Morgan fingerprint density at radius 3 is 1.80 bits per heavy atom. The summed E-state index contributed by atoms with van der Waals surface area (Å²) in [7, 11) is 0. The van der Waals surface area contributed by atoms with Crippen LogP contribution in [0.25, 0.3) is 0 Å². The van der Waals surface area contributed by atoms with Crippen LogP contribution in [0, 0.1) is 0 Å². The Bertz CT molecular complexity index is 972. The zero-order valence-electron chi connectivity index (χ0n) is 16.1. The van der Waals surface area contributed by atoms with Crippen molar-refractivity contribution in [3.8, 4) is 0 Å². The first-order chi connectivity index (χ1) is 14.4. The van der Waals surface area contributed by atoms with Gasteiger partial charge in [0.25, 0.3) is 5.91 Å². The Morgan fingerprint density at radius 2 is 1.33 bits per heavy atom. The second-order valence-corrected chi connectivity index (χ2v) is 7.65. The predicted molar refractivity (Wildman–Crippen MR) is 117 cm³/mol. The minimum absolute atomic E-state index is 0.0312. The number of pyridine rings is 1. The van der Waals surface area contributed by atoms with Crippen LogP contribution in [-0.4, -0.2) is 40.0 Å². The number of benzene rings is 2. The first-order valence-electron chi connectivity index (χ1n) is 9.40. The van der Waals surface area contributed by atoms with Crippen molar-refractivity contribution in [2.75, 3.05) is 13.1 Å². The lowest BCUT2D eigenvalue weighted by Gasteiger charge is -2.23. The van der Waals surface area contributed by atoms with Gasteiger partial charge in [0.1, 0.15) is 5.69 Å². The van der Waals surface area contributed by atoms with Gasteiger partial charge in [-0.15, -0.1) is 0 Å². The van der Waals surface area contributed by atoms with E-state index in [0.29, 0.717) is 36.0 Å². The highest BCUT2D eigenvalue weighted by Gasteiger charge is 2.18. The van der Waals surface area contributed by atoms with Gasteiger partial charge in [0, 0.05) is 29.3 Å². The van der Waals surface area contributed by atoms with Crippen LogP contribution in [0.2, 0.25) is 10.0 Å². The highest BCUT2D eigenvalue weighted by molar-refractivity contribution is 6.30. The predicted octanol–water partition coefficient (Wildman–Crippen LogP) is 5.01. The summed E-state index contributed by atoms with van der Waals surface area (Å²) < 4.78 is 0. The molecule has 0 bridgehead atoms. The van der Waals surface area contributed by atoms with Crippen LogP contribution < -0.4 is 0 Å².